The van der Waals surface area contributed by atoms with E-state index >= 15 is 0 Å². The maximum Gasteiger partial charge on any atom is 0.337 e. The molecule has 0 aliphatic carbocycles. The average molecular weight is 406 g/mol. The summed E-state index contributed by atoms with van der Waals surface area (Å²) in [5, 5.41) is 15.2. The molecule has 2 rings (SSSR count). The molecule has 5 nitrogen and oxygen atoms in total. The molecular formula is C13H14Br2N2O3. The summed E-state index contributed by atoms with van der Waals surface area (Å²) in [6.07, 6.45) is 0.754. The lowest BCUT2D eigenvalue weighted by Gasteiger charge is -2.17. The summed E-state index contributed by atoms with van der Waals surface area (Å²) < 4.78 is 1.17. The zero-order valence-electron chi connectivity index (χ0n) is 10.7. The van der Waals surface area contributed by atoms with E-state index in [1.54, 1.807) is 6.07 Å². The van der Waals surface area contributed by atoms with E-state index in [4.69, 9.17) is 0 Å². The second-order valence-electron chi connectivity index (χ2n) is 4.74. The third-order valence-electron chi connectivity index (χ3n) is 3.40. The highest BCUT2D eigenvalue weighted by molar-refractivity contribution is 9.11. The Hall–Kier alpha value is -0.920. The maximum atomic E-state index is 12.3. The molecule has 1 amide bonds. The smallest absolute Gasteiger partial charge is 0.337 e. The Labute approximate surface area is 133 Å². The second kappa shape index (κ2) is 6.24. The minimum Gasteiger partial charge on any atom is -0.478 e. The van der Waals surface area contributed by atoms with Crippen molar-refractivity contribution in [3.8, 4) is 0 Å². The molecule has 2 unspecified atom stereocenters. The average Bonchev–Trinajstić information content (AvgIpc) is 2.78. The Kier molecular flexibility index (Phi) is 4.82. The minimum absolute atomic E-state index is 0.0539. The van der Waals surface area contributed by atoms with Crippen LogP contribution in [0.1, 0.15) is 23.7 Å². The lowest BCUT2D eigenvalue weighted by molar-refractivity contribution is -0.120. The molecule has 1 saturated heterocycles. The predicted molar refractivity (Wildman–Crippen MR) is 83.0 cm³/mol. The van der Waals surface area contributed by atoms with Gasteiger partial charge in [0.1, 0.15) is 0 Å². The summed E-state index contributed by atoms with van der Waals surface area (Å²) in [6, 6.07) is 3.27. The Bertz CT molecular complexity index is 563. The van der Waals surface area contributed by atoms with Crippen LogP contribution in [0.15, 0.2) is 21.1 Å². The van der Waals surface area contributed by atoms with Crippen LogP contribution in [0.25, 0.3) is 0 Å². The van der Waals surface area contributed by atoms with Crippen molar-refractivity contribution in [2.24, 2.45) is 5.92 Å². The zero-order valence-corrected chi connectivity index (χ0v) is 13.9. The topological polar surface area (TPSA) is 78.4 Å². The van der Waals surface area contributed by atoms with E-state index in [1.807, 2.05) is 6.92 Å². The number of hydrogen-bond acceptors (Lipinski definition) is 3. The van der Waals surface area contributed by atoms with Gasteiger partial charge >= 0.3 is 5.97 Å². The van der Waals surface area contributed by atoms with Crippen LogP contribution < -0.4 is 10.6 Å². The number of aromatic carboxylic acids is 1. The van der Waals surface area contributed by atoms with E-state index in [-0.39, 0.29) is 23.4 Å². The Balaban J connectivity index is 2.29. The van der Waals surface area contributed by atoms with Crippen molar-refractivity contribution in [1.82, 2.24) is 5.32 Å². The summed E-state index contributed by atoms with van der Waals surface area (Å²) in [5.41, 5.74) is 0.350. The standard InChI is InChI=1S/C13H14Br2N2O3/c1-6-8(2-3-16-6)12(18)17-11-9(13(19)20)4-7(14)5-10(11)15/h4-6,8,16H,2-3H2,1H3,(H,17,18)(H,19,20). The third-order valence-corrected chi connectivity index (χ3v) is 4.48. The number of carbonyl (C=O) groups excluding carboxylic acids is 1. The number of anilines is 1. The van der Waals surface area contributed by atoms with Crippen LogP contribution in [-0.4, -0.2) is 29.6 Å². The number of carboxylic acids is 1. The van der Waals surface area contributed by atoms with Gasteiger partial charge in [-0.1, -0.05) is 15.9 Å². The summed E-state index contributed by atoms with van der Waals surface area (Å²) in [6.45, 7) is 2.75. The summed E-state index contributed by atoms with van der Waals surface area (Å²) in [4.78, 5) is 23.5. The van der Waals surface area contributed by atoms with Crippen LogP contribution >= 0.6 is 31.9 Å². The van der Waals surface area contributed by atoms with E-state index < -0.39 is 5.97 Å². The number of carboxylic acid groups (broad SMARTS) is 1. The van der Waals surface area contributed by atoms with Crippen LogP contribution in [0.4, 0.5) is 5.69 Å². The fourth-order valence-electron chi connectivity index (χ4n) is 2.30. The van der Waals surface area contributed by atoms with Crippen molar-refractivity contribution in [3.63, 3.8) is 0 Å². The largest absolute Gasteiger partial charge is 0.478 e. The van der Waals surface area contributed by atoms with E-state index in [9.17, 15) is 14.7 Å². The molecule has 1 heterocycles. The first-order chi connectivity index (χ1) is 9.40. The monoisotopic (exact) mass is 404 g/mol. The summed E-state index contributed by atoms with van der Waals surface area (Å²) >= 11 is 6.54. The van der Waals surface area contributed by atoms with Gasteiger partial charge in [-0.25, -0.2) is 4.79 Å². The number of amides is 1. The lowest BCUT2D eigenvalue weighted by Crippen LogP contribution is -2.32. The quantitative estimate of drug-likeness (QED) is 0.722. The SMILES string of the molecule is CC1NCCC1C(=O)Nc1c(Br)cc(Br)cc1C(=O)O. The van der Waals surface area contributed by atoms with E-state index in [2.05, 4.69) is 42.5 Å². The number of rotatable bonds is 3. The van der Waals surface area contributed by atoms with Crippen LogP contribution in [-0.2, 0) is 4.79 Å². The Morgan fingerprint density at radius 2 is 2.10 bits per heavy atom. The summed E-state index contributed by atoms with van der Waals surface area (Å²) in [7, 11) is 0. The van der Waals surface area contributed by atoms with Crippen molar-refractivity contribution < 1.29 is 14.7 Å². The van der Waals surface area contributed by atoms with Gasteiger partial charge in [-0.3, -0.25) is 4.79 Å². The third kappa shape index (κ3) is 3.21. The molecule has 1 aliphatic rings. The first-order valence-electron chi connectivity index (χ1n) is 6.16. The fraction of sp³-hybridized carbons (Fsp3) is 0.385. The van der Waals surface area contributed by atoms with Gasteiger partial charge in [-0.2, -0.15) is 0 Å². The molecular weight excluding hydrogens is 392 g/mol. The van der Waals surface area contributed by atoms with E-state index in [0.717, 1.165) is 13.0 Å². The second-order valence-corrected chi connectivity index (χ2v) is 6.51. The van der Waals surface area contributed by atoms with Gasteiger partial charge in [0, 0.05) is 15.0 Å². The Morgan fingerprint density at radius 3 is 2.65 bits per heavy atom. The molecule has 1 aromatic rings. The molecule has 1 fully saturated rings. The van der Waals surface area contributed by atoms with Gasteiger partial charge in [0.2, 0.25) is 5.91 Å². The van der Waals surface area contributed by atoms with Gasteiger partial charge in [-0.15, -0.1) is 0 Å². The molecule has 1 aromatic carbocycles. The van der Waals surface area contributed by atoms with Gasteiger partial charge in [-0.05, 0) is 48.0 Å². The molecule has 0 spiro atoms. The van der Waals surface area contributed by atoms with Crippen LogP contribution in [0.2, 0.25) is 0 Å². The number of halogens is 2. The van der Waals surface area contributed by atoms with Crippen molar-refractivity contribution in [2.45, 2.75) is 19.4 Å². The molecule has 2 atom stereocenters. The molecule has 108 valence electrons. The molecule has 7 heteroatoms. The number of benzene rings is 1. The Morgan fingerprint density at radius 1 is 1.40 bits per heavy atom. The predicted octanol–water partition coefficient (Wildman–Crippen LogP) is 2.85. The van der Waals surface area contributed by atoms with Crippen LogP contribution in [0, 0.1) is 5.92 Å². The van der Waals surface area contributed by atoms with Crippen molar-refractivity contribution in [1.29, 1.82) is 0 Å². The highest BCUT2D eigenvalue weighted by Gasteiger charge is 2.30. The van der Waals surface area contributed by atoms with Gasteiger partial charge in [0.05, 0.1) is 17.2 Å². The minimum atomic E-state index is -1.08. The van der Waals surface area contributed by atoms with Gasteiger partial charge in [0.15, 0.2) is 0 Å². The molecule has 0 radical (unpaired) electrons. The van der Waals surface area contributed by atoms with Crippen LogP contribution in [0.3, 0.4) is 0 Å². The van der Waals surface area contributed by atoms with Crippen molar-refractivity contribution >= 4 is 49.4 Å². The molecule has 0 bridgehead atoms. The van der Waals surface area contributed by atoms with Crippen molar-refractivity contribution in [2.75, 3.05) is 11.9 Å². The maximum absolute atomic E-state index is 12.3. The van der Waals surface area contributed by atoms with Crippen LogP contribution in [0.5, 0.6) is 0 Å². The molecule has 0 saturated carbocycles. The molecule has 1 aliphatic heterocycles. The normalized spacial score (nSPS) is 21.8. The van der Waals surface area contributed by atoms with Gasteiger partial charge < -0.3 is 15.7 Å². The number of nitrogens with one attached hydrogen (secondary N) is 2. The zero-order chi connectivity index (χ0) is 14.9. The molecule has 3 N–H and O–H groups in total. The lowest BCUT2D eigenvalue weighted by atomic mass is 10.0. The molecule has 20 heavy (non-hydrogen) atoms. The van der Waals surface area contributed by atoms with Gasteiger partial charge in [0.25, 0.3) is 0 Å². The fourth-order valence-corrected chi connectivity index (χ4v) is 3.63. The van der Waals surface area contributed by atoms with E-state index in [1.165, 1.54) is 6.07 Å². The summed E-state index contributed by atoms with van der Waals surface area (Å²) in [5.74, 6) is -1.39. The highest BCUT2D eigenvalue weighted by Crippen LogP contribution is 2.32. The number of hydrogen-bond donors (Lipinski definition) is 3. The number of carbonyl (C=O) groups is 2. The highest BCUT2D eigenvalue weighted by atomic mass is 79.9. The van der Waals surface area contributed by atoms with Crippen molar-refractivity contribution in [3.05, 3.63) is 26.6 Å². The first-order valence-corrected chi connectivity index (χ1v) is 7.75. The van der Waals surface area contributed by atoms with E-state index in [0.29, 0.717) is 14.6 Å². The first kappa shape index (κ1) is 15.5. The molecule has 0 aromatic heterocycles.